The van der Waals surface area contributed by atoms with Crippen molar-refractivity contribution in [3.63, 3.8) is 0 Å². The zero-order valence-electron chi connectivity index (χ0n) is 16.1. The lowest BCUT2D eigenvalue weighted by atomic mass is 9.95. The average Bonchev–Trinajstić information content (AvgIpc) is 3.10. The Hall–Kier alpha value is -3.80. The maximum absolute atomic E-state index is 13.3. The minimum absolute atomic E-state index is 0.0942. The number of hydrogen-bond donors (Lipinski definition) is 2. The van der Waals surface area contributed by atoms with Gasteiger partial charge in [0.1, 0.15) is 11.5 Å². The van der Waals surface area contributed by atoms with Gasteiger partial charge in [0.15, 0.2) is 0 Å². The number of aromatic nitrogens is 1. The van der Waals surface area contributed by atoms with Crippen LogP contribution in [0.4, 0.5) is 13.2 Å². The van der Waals surface area contributed by atoms with Gasteiger partial charge in [0, 0.05) is 17.5 Å². The predicted molar refractivity (Wildman–Crippen MR) is 112 cm³/mol. The first-order chi connectivity index (χ1) is 14.8. The van der Waals surface area contributed by atoms with Crippen molar-refractivity contribution in [1.29, 1.82) is 0 Å². The molecule has 1 aromatic heterocycles. The SMILES string of the molecule is Oc1cccc(-c2cc(-c3cccc(C(F)(F)F)c3)nc3c2Cc2ccc(O)cc2-3)c1. The van der Waals surface area contributed by atoms with E-state index >= 15 is 0 Å². The summed E-state index contributed by atoms with van der Waals surface area (Å²) in [5.74, 6) is 0.189. The van der Waals surface area contributed by atoms with Crippen LogP contribution in [0.1, 0.15) is 16.7 Å². The Morgan fingerprint density at radius 2 is 1.48 bits per heavy atom. The number of halogens is 3. The van der Waals surface area contributed by atoms with Crippen molar-refractivity contribution in [2.45, 2.75) is 12.6 Å². The first kappa shape index (κ1) is 19.2. The van der Waals surface area contributed by atoms with Gasteiger partial charge < -0.3 is 10.2 Å². The fraction of sp³-hybridized carbons (Fsp3) is 0.0800. The second-order valence-corrected chi connectivity index (χ2v) is 7.53. The Labute approximate surface area is 176 Å². The van der Waals surface area contributed by atoms with Crippen molar-refractivity contribution in [2.24, 2.45) is 0 Å². The molecule has 0 spiro atoms. The molecule has 0 bridgehead atoms. The van der Waals surface area contributed by atoms with Crippen LogP contribution in [-0.2, 0) is 12.6 Å². The standard InChI is InChI=1S/C25H16F3NO2/c26-25(27,28)17-5-1-4-16(9-17)23-13-20(14-3-2-6-18(30)10-14)22-11-15-7-8-19(31)12-21(15)24(22)29-23/h1-10,12-13,30-31H,11H2. The molecule has 3 nitrogen and oxygen atoms in total. The third-order valence-corrected chi connectivity index (χ3v) is 5.48. The summed E-state index contributed by atoms with van der Waals surface area (Å²) in [4.78, 5) is 4.70. The smallest absolute Gasteiger partial charge is 0.416 e. The second-order valence-electron chi connectivity index (χ2n) is 7.53. The number of pyridine rings is 1. The first-order valence-corrected chi connectivity index (χ1v) is 9.63. The summed E-state index contributed by atoms with van der Waals surface area (Å²) in [5.41, 5.74) is 4.76. The van der Waals surface area contributed by atoms with Crippen LogP contribution >= 0.6 is 0 Å². The Bertz CT molecular complexity index is 1330. The third kappa shape index (κ3) is 3.40. The van der Waals surface area contributed by atoms with Gasteiger partial charge >= 0.3 is 6.18 Å². The molecule has 0 atom stereocenters. The van der Waals surface area contributed by atoms with Crippen molar-refractivity contribution >= 4 is 0 Å². The van der Waals surface area contributed by atoms with E-state index < -0.39 is 11.7 Å². The summed E-state index contributed by atoms with van der Waals surface area (Å²) in [6.07, 6.45) is -3.88. The highest BCUT2D eigenvalue weighted by Crippen LogP contribution is 2.44. The van der Waals surface area contributed by atoms with Crippen LogP contribution in [0.2, 0.25) is 0 Å². The number of fused-ring (bicyclic) bond motifs is 3. The lowest BCUT2D eigenvalue weighted by Gasteiger charge is -2.14. The van der Waals surface area contributed by atoms with Crippen LogP contribution < -0.4 is 0 Å². The number of phenolic OH excluding ortho intramolecular Hbond substituents is 2. The summed E-state index contributed by atoms with van der Waals surface area (Å²) in [6, 6.07) is 18.6. The largest absolute Gasteiger partial charge is 0.508 e. The van der Waals surface area contributed by atoms with Crippen LogP contribution in [0.15, 0.2) is 72.8 Å². The molecule has 31 heavy (non-hydrogen) atoms. The summed E-state index contributed by atoms with van der Waals surface area (Å²) >= 11 is 0. The van der Waals surface area contributed by atoms with Gasteiger partial charge in [0.05, 0.1) is 17.0 Å². The van der Waals surface area contributed by atoms with Gasteiger partial charge in [0.25, 0.3) is 0 Å². The summed E-state index contributed by atoms with van der Waals surface area (Å²) < 4.78 is 39.8. The lowest BCUT2D eigenvalue weighted by Crippen LogP contribution is -2.04. The molecule has 1 heterocycles. The molecular weight excluding hydrogens is 403 g/mol. The zero-order chi connectivity index (χ0) is 21.8. The molecule has 154 valence electrons. The fourth-order valence-corrected chi connectivity index (χ4v) is 4.04. The van der Waals surface area contributed by atoms with E-state index in [1.165, 1.54) is 6.07 Å². The highest BCUT2D eigenvalue weighted by Gasteiger charge is 2.31. The number of benzene rings is 3. The van der Waals surface area contributed by atoms with Crippen molar-refractivity contribution in [1.82, 2.24) is 4.98 Å². The fourth-order valence-electron chi connectivity index (χ4n) is 4.04. The van der Waals surface area contributed by atoms with Crippen LogP contribution in [0.3, 0.4) is 0 Å². The topological polar surface area (TPSA) is 53.4 Å². The molecule has 1 aliphatic rings. The maximum atomic E-state index is 13.3. The van der Waals surface area contributed by atoms with Gasteiger partial charge in [-0.3, -0.25) is 0 Å². The molecule has 3 aromatic carbocycles. The molecule has 0 radical (unpaired) electrons. The normalized spacial score (nSPS) is 12.5. The van der Waals surface area contributed by atoms with Crippen molar-refractivity contribution in [2.75, 3.05) is 0 Å². The molecule has 4 aromatic rings. The molecule has 0 fully saturated rings. The van der Waals surface area contributed by atoms with E-state index in [4.69, 9.17) is 4.98 Å². The Morgan fingerprint density at radius 3 is 2.26 bits per heavy atom. The van der Waals surface area contributed by atoms with E-state index in [-0.39, 0.29) is 11.5 Å². The van der Waals surface area contributed by atoms with Gasteiger partial charge in [-0.25, -0.2) is 4.98 Å². The summed E-state index contributed by atoms with van der Waals surface area (Å²) in [5, 5.41) is 19.9. The highest BCUT2D eigenvalue weighted by atomic mass is 19.4. The van der Waals surface area contributed by atoms with Crippen LogP contribution in [0.5, 0.6) is 11.5 Å². The Morgan fingerprint density at radius 1 is 0.742 bits per heavy atom. The van der Waals surface area contributed by atoms with E-state index in [0.717, 1.165) is 39.9 Å². The predicted octanol–water partition coefficient (Wildman–Crippen LogP) is 6.42. The molecule has 5 rings (SSSR count). The number of nitrogens with zero attached hydrogens (tertiary/aromatic N) is 1. The summed E-state index contributed by atoms with van der Waals surface area (Å²) in [6.45, 7) is 0. The molecule has 0 saturated heterocycles. The number of aromatic hydroxyl groups is 2. The Balaban J connectivity index is 1.77. The van der Waals surface area contributed by atoms with Gasteiger partial charge in [0.2, 0.25) is 0 Å². The molecule has 0 amide bonds. The van der Waals surface area contributed by atoms with E-state index in [1.807, 2.05) is 12.1 Å². The molecule has 6 heteroatoms. The first-order valence-electron chi connectivity index (χ1n) is 9.63. The van der Waals surface area contributed by atoms with Gasteiger partial charge in [-0.1, -0.05) is 30.3 Å². The number of hydrogen-bond acceptors (Lipinski definition) is 3. The summed E-state index contributed by atoms with van der Waals surface area (Å²) in [7, 11) is 0. The van der Waals surface area contributed by atoms with Crippen molar-refractivity contribution < 1.29 is 23.4 Å². The van der Waals surface area contributed by atoms with Crippen LogP contribution in [0.25, 0.3) is 33.6 Å². The van der Waals surface area contributed by atoms with Crippen LogP contribution in [0, 0.1) is 0 Å². The van der Waals surface area contributed by atoms with E-state index in [1.54, 1.807) is 42.5 Å². The molecular formula is C25H16F3NO2. The van der Waals surface area contributed by atoms with Gasteiger partial charge in [-0.05, 0) is 64.7 Å². The maximum Gasteiger partial charge on any atom is 0.416 e. The minimum atomic E-state index is -4.46. The van der Waals surface area contributed by atoms with Crippen molar-refractivity contribution in [3.05, 3.63) is 89.5 Å². The number of rotatable bonds is 2. The van der Waals surface area contributed by atoms with Gasteiger partial charge in [-0.2, -0.15) is 13.2 Å². The molecule has 0 saturated carbocycles. The lowest BCUT2D eigenvalue weighted by molar-refractivity contribution is -0.137. The van der Waals surface area contributed by atoms with Gasteiger partial charge in [-0.15, -0.1) is 0 Å². The molecule has 0 aliphatic heterocycles. The zero-order valence-corrected chi connectivity index (χ0v) is 16.1. The quantitative estimate of drug-likeness (QED) is 0.347. The van der Waals surface area contributed by atoms with Crippen molar-refractivity contribution in [3.8, 4) is 45.1 Å². The average molecular weight is 419 g/mol. The second kappa shape index (κ2) is 6.87. The van der Waals surface area contributed by atoms with E-state index in [9.17, 15) is 23.4 Å². The highest BCUT2D eigenvalue weighted by molar-refractivity contribution is 5.86. The monoisotopic (exact) mass is 419 g/mol. The van der Waals surface area contributed by atoms with E-state index in [2.05, 4.69) is 0 Å². The number of alkyl halides is 3. The van der Waals surface area contributed by atoms with E-state index in [0.29, 0.717) is 23.4 Å². The van der Waals surface area contributed by atoms with Crippen LogP contribution in [-0.4, -0.2) is 15.2 Å². The Kier molecular flexibility index (Phi) is 4.25. The number of phenols is 2. The molecule has 2 N–H and O–H groups in total. The molecule has 0 unspecified atom stereocenters. The molecule has 1 aliphatic carbocycles. The third-order valence-electron chi connectivity index (χ3n) is 5.48. The minimum Gasteiger partial charge on any atom is -0.508 e.